The molecule has 2 amide bonds. The molecule has 5 nitrogen and oxygen atoms in total. The van der Waals surface area contributed by atoms with Crippen LogP contribution in [0.4, 0.5) is 5.69 Å². The first kappa shape index (κ1) is 17.3. The van der Waals surface area contributed by atoms with E-state index in [0.29, 0.717) is 17.8 Å². The predicted octanol–water partition coefficient (Wildman–Crippen LogP) is 3.10. The third-order valence-electron chi connectivity index (χ3n) is 3.27. The lowest BCUT2D eigenvalue weighted by atomic mass is 10.2. The summed E-state index contributed by atoms with van der Waals surface area (Å²) >= 11 is 0. The average Bonchev–Trinajstić information content (AvgIpc) is 2.61. The van der Waals surface area contributed by atoms with Crippen molar-refractivity contribution < 1.29 is 14.3 Å². The van der Waals surface area contributed by atoms with E-state index in [2.05, 4.69) is 10.6 Å². The molecule has 24 heavy (non-hydrogen) atoms. The molecule has 5 heteroatoms. The lowest BCUT2D eigenvalue weighted by Gasteiger charge is -2.06. The van der Waals surface area contributed by atoms with Crippen LogP contribution >= 0.6 is 0 Å². The van der Waals surface area contributed by atoms with Crippen LogP contribution in [-0.4, -0.2) is 25.5 Å². The van der Waals surface area contributed by atoms with Gasteiger partial charge in [-0.2, -0.15) is 0 Å². The largest absolute Gasteiger partial charge is 0.497 e. The van der Waals surface area contributed by atoms with Gasteiger partial charge in [-0.3, -0.25) is 9.59 Å². The Morgan fingerprint density at radius 3 is 2.54 bits per heavy atom. The second-order valence-corrected chi connectivity index (χ2v) is 5.04. The molecule has 0 aliphatic rings. The molecule has 0 aromatic heterocycles. The van der Waals surface area contributed by atoms with Crippen molar-refractivity contribution in [2.45, 2.75) is 6.92 Å². The van der Waals surface area contributed by atoms with E-state index in [-0.39, 0.29) is 11.8 Å². The number of benzene rings is 2. The summed E-state index contributed by atoms with van der Waals surface area (Å²) in [6.07, 6.45) is 3.16. The van der Waals surface area contributed by atoms with Gasteiger partial charge in [0, 0.05) is 23.9 Å². The molecule has 2 aromatic rings. The fraction of sp³-hybridized carbons (Fsp3) is 0.158. The number of hydrogen-bond acceptors (Lipinski definition) is 3. The molecule has 0 heterocycles. The van der Waals surface area contributed by atoms with Crippen molar-refractivity contribution in [2.24, 2.45) is 0 Å². The maximum Gasteiger partial charge on any atom is 0.251 e. The van der Waals surface area contributed by atoms with Gasteiger partial charge in [-0.25, -0.2) is 0 Å². The Labute approximate surface area is 141 Å². The zero-order chi connectivity index (χ0) is 17.4. The summed E-state index contributed by atoms with van der Waals surface area (Å²) in [5, 5.41) is 5.46. The summed E-state index contributed by atoms with van der Waals surface area (Å²) in [4.78, 5) is 23.8. The fourth-order valence-electron chi connectivity index (χ4n) is 2.07. The molecule has 0 bridgehead atoms. The Balaban J connectivity index is 1.99. The highest BCUT2D eigenvalue weighted by Gasteiger charge is 2.05. The fourth-order valence-corrected chi connectivity index (χ4v) is 2.07. The minimum Gasteiger partial charge on any atom is -0.497 e. The molecular weight excluding hydrogens is 304 g/mol. The van der Waals surface area contributed by atoms with E-state index in [9.17, 15) is 9.59 Å². The van der Waals surface area contributed by atoms with E-state index in [1.54, 1.807) is 37.5 Å². The lowest BCUT2D eigenvalue weighted by molar-refractivity contribution is -0.111. The van der Waals surface area contributed by atoms with Crippen LogP contribution in [0, 0.1) is 0 Å². The van der Waals surface area contributed by atoms with Crippen molar-refractivity contribution in [1.29, 1.82) is 0 Å². The molecule has 0 saturated carbocycles. The van der Waals surface area contributed by atoms with Crippen LogP contribution in [0.15, 0.2) is 54.6 Å². The lowest BCUT2D eigenvalue weighted by Crippen LogP contribution is -2.22. The molecule has 0 spiro atoms. The van der Waals surface area contributed by atoms with Crippen LogP contribution in [0.2, 0.25) is 0 Å². The quantitative estimate of drug-likeness (QED) is 0.802. The van der Waals surface area contributed by atoms with Gasteiger partial charge in [0.25, 0.3) is 5.91 Å². The number of nitrogens with one attached hydrogen (secondary N) is 2. The van der Waals surface area contributed by atoms with Gasteiger partial charge in [-0.15, -0.1) is 0 Å². The Hall–Kier alpha value is -3.08. The second kappa shape index (κ2) is 8.53. The van der Waals surface area contributed by atoms with Gasteiger partial charge in [0.05, 0.1) is 7.11 Å². The third kappa shape index (κ3) is 4.98. The highest BCUT2D eigenvalue weighted by atomic mass is 16.5. The van der Waals surface area contributed by atoms with Gasteiger partial charge in [0.1, 0.15) is 5.75 Å². The second-order valence-electron chi connectivity index (χ2n) is 5.04. The topological polar surface area (TPSA) is 67.4 Å². The van der Waals surface area contributed by atoms with Crippen molar-refractivity contribution >= 4 is 23.6 Å². The number of hydrogen-bond donors (Lipinski definition) is 2. The number of anilines is 1. The monoisotopic (exact) mass is 324 g/mol. The van der Waals surface area contributed by atoms with E-state index in [1.807, 2.05) is 31.2 Å². The van der Waals surface area contributed by atoms with Gasteiger partial charge in [0.15, 0.2) is 0 Å². The Kier molecular flexibility index (Phi) is 6.14. The number of rotatable bonds is 6. The molecule has 2 aromatic carbocycles. The number of methoxy groups -OCH3 is 1. The minimum atomic E-state index is -0.265. The molecule has 2 N–H and O–H groups in total. The first-order valence-corrected chi connectivity index (χ1v) is 7.63. The number of amides is 2. The Bertz CT molecular complexity index is 737. The standard InChI is InChI=1S/C19H20N2O3/c1-3-20-19(23)15-5-4-6-16(13-15)21-18(22)12-9-14-7-10-17(24-2)11-8-14/h4-13H,3H2,1-2H3,(H,20,23)(H,21,22)/b12-9+. The van der Waals surface area contributed by atoms with Crippen molar-refractivity contribution in [3.8, 4) is 5.75 Å². The summed E-state index contributed by atoms with van der Waals surface area (Å²) in [5.41, 5.74) is 1.97. The smallest absolute Gasteiger partial charge is 0.251 e. The number of carbonyl (C=O) groups is 2. The van der Waals surface area contributed by atoms with Gasteiger partial charge >= 0.3 is 0 Å². The van der Waals surface area contributed by atoms with Crippen LogP contribution < -0.4 is 15.4 Å². The maximum atomic E-state index is 12.0. The SMILES string of the molecule is CCNC(=O)c1cccc(NC(=O)/C=C/c2ccc(OC)cc2)c1. The van der Waals surface area contributed by atoms with Gasteiger partial charge in [-0.05, 0) is 48.9 Å². The molecule has 0 aliphatic carbocycles. The van der Waals surface area contributed by atoms with Crippen LogP contribution in [0.25, 0.3) is 6.08 Å². The first-order valence-electron chi connectivity index (χ1n) is 7.63. The third-order valence-corrected chi connectivity index (χ3v) is 3.27. The van der Waals surface area contributed by atoms with Crippen LogP contribution in [0.5, 0.6) is 5.75 Å². The van der Waals surface area contributed by atoms with Crippen molar-refractivity contribution in [3.05, 3.63) is 65.7 Å². The van der Waals surface area contributed by atoms with Crippen LogP contribution in [0.3, 0.4) is 0 Å². The molecule has 0 saturated heterocycles. The van der Waals surface area contributed by atoms with E-state index >= 15 is 0 Å². The highest BCUT2D eigenvalue weighted by Crippen LogP contribution is 2.13. The van der Waals surface area contributed by atoms with E-state index in [1.165, 1.54) is 6.08 Å². The van der Waals surface area contributed by atoms with Crippen molar-refractivity contribution in [3.63, 3.8) is 0 Å². The van der Waals surface area contributed by atoms with E-state index < -0.39 is 0 Å². The van der Waals surface area contributed by atoms with E-state index in [0.717, 1.165) is 11.3 Å². The summed E-state index contributed by atoms with van der Waals surface area (Å²) in [5.74, 6) is 0.333. The molecular formula is C19H20N2O3. The zero-order valence-corrected chi connectivity index (χ0v) is 13.7. The molecule has 0 aliphatic heterocycles. The normalized spacial score (nSPS) is 10.4. The summed E-state index contributed by atoms with van der Waals surface area (Å²) in [6, 6.07) is 14.2. The predicted molar refractivity (Wildman–Crippen MR) is 95.1 cm³/mol. The first-order chi connectivity index (χ1) is 11.6. The summed E-state index contributed by atoms with van der Waals surface area (Å²) in [6.45, 7) is 2.41. The number of ether oxygens (including phenoxy) is 1. The van der Waals surface area contributed by atoms with Gasteiger partial charge < -0.3 is 15.4 Å². The molecule has 0 fully saturated rings. The zero-order valence-electron chi connectivity index (χ0n) is 13.7. The summed E-state index contributed by atoms with van der Waals surface area (Å²) < 4.78 is 5.09. The molecule has 124 valence electrons. The van der Waals surface area contributed by atoms with E-state index in [4.69, 9.17) is 4.74 Å². The van der Waals surface area contributed by atoms with Crippen LogP contribution in [0.1, 0.15) is 22.8 Å². The molecule has 0 atom stereocenters. The van der Waals surface area contributed by atoms with Crippen molar-refractivity contribution in [1.82, 2.24) is 5.32 Å². The maximum absolute atomic E-state index is 12.0. The van der Waals surface area contributed by atoms with Crippen LogP contribution in [-0.2, 0) is 4.79 Å². The Morgan fingerprint density at radius 2 is 1.88 bits per heavy atom. The van der Waals surface area contributed by atoms with Gasteiger partial charge in [0.2, 0.25) is 5.91 Å². The minimum absolute atomic E-state index is 0.164. The average molecular weight is 324 g/mol. The highest BCUT2D eigenvalue weighted by molar-refractivity contribution is 6.03. The summed E-state index contributed by atoms with van der Waals surface area (Å²) in [7, 11) is 1.60. The molecule has 2 rings (SSSR count). The number of carbonyl (C=O) groups excluding carboxylic acids is 2. The molecule has 0 radical (unpaired) electrons. The van der Waals surface area contributed by atoms with Gasteiger partial charge in [-0.1, -0.05) is 18.2 Å². The Morgan fingerprint density at radius 1 is 1.12 bits per heavy atom. The van der Waals surface area contributed by atoms with Crippen molar-refractivity contribution in [2.75, 3.05) is 19.0 Å². The molecule has 0 unspecified atom stereocenters.